The molecule has 0 saturated carbocycles. The number of hydrogen-bond donors (Lipinski definition) is 2. The number of hydrogen-bond acceptors (Lipinski definition) is 5. The molecule has 0 atom stereocenters. The molecule has 1 aromatic heterocycles. The summed E-state index contributed by atoms with van der Waals surface area (Å²) in [6, 6.07) is 17.7. The molecule has 3 N–H and O–H groups in total. The molecule has 0 aliphatic rings. The van der Waals surface area contributed by atoms with Crippen molar-refractivity contribution >= 4 is 55.5 Å². The molecule has 3 aromatic rings. The van der Waals surface area contributed by atoms with Gasteiger partial charge < -0.3 is 10.3 Å². The minimum Gasteiger partial charge on any atom is -0.741 e. The first-order valence-electron chi connectivity index (χ1n) is 9.04. The Kier molecular flexibility index (Phi) is 8.74. The number of alkyl halides is 3. The molecular weight excluding hydrogens is 576 g/mol. The number of nitrogens with zero attached hydrogens (tertiary/aromatic N) is 2. The smallest absolute Gasteiger partial charge is 0.485 e. The number of guanidine groups is 1. The van der Waals surface area contributed by atoms with E-state index in [1.165, 1.54) is 0 Å². The largest absolute Gasteiger partial charge is 0.741 e. The fourth-order valence-corrected chi connectivity index (χ4v) is 3.19. The van der Waals surface area contributed by atoms with E-state index in [-0.39, 0.29) is 11.9 Å². The molecule has 8 nitrogen and oxygen atoms in total. The van der Waals surface area contributed by atoms with Crippen molar-refractivity contribution in [2.75, 3.05) is 0 Å². The predicted octanol–water partition coefficient (Wildman–Crippen LogP) is 2.57. The normalized spacial score (nSPS) is 12.1. The highest BCUT2D eigenvalue weighted by Crippen LogP contribution is 2.20. The maximum absolute atomic E-state index is 12.4. The van der Waals surface area contributed by atoms with Gasteiger partial charge in [0.05, 0.1) is 6.54 Å². The minimum atomic E-state index is -6.09. The molecule has 0 bridgehead atoms. The summed E-state index contributed by atoms with van der Waals surface area (Å²) >= 11 is 2.25. The lowest BCUT2D eigenvalue weighted by Gasteiger charge is -2.08. The van der Waals surface area contributed by atoms with Gasteiger partial charge in [0.1, 0.15) is 12.6 Å². The zero-order chi connectivity index (χ0) is 24.8. The summed E-state index contributed by atoms with van der Waals surface area (Å²) < 4.78 is 62.0. The zero-order valence-corrected chi connectivity index (χ0v) is 20.0. The van der Waals surface area contributed by atoms with Crippen molar-refractivity contribution in [2.24, 2.45) is 17.8 Å². The topological polar surface area (TPSA) is 129 Å². The van der Waals surface area contributed by atoms with Crippen molar-refractivity contribution in [3.63, 3.8) is 0 Å². The number of aromatic nitrogens is 1. The molecule has 13 heteroatoms. The van der Waals surface area contributed by atoms with Gasteiger partial charge in [0.2, 0.25) is 5.52 Å². The summed E-state index contributed by atoms with van der Waals surface area (Å²) in [4.78, 5) is 16.7. The monoisotopic (exact) mass is 594 g/mol. The number of carbonyl (C=O) groups is 1. The Balaban J connectivity index is 0.000000414. The average molecular weight is 594 g/mol. The van der Waals surface area contributed by atoms with Crippen LogP contribution in [0.3, 0.4) is 0 Å². The summed E-state index contributed by atoms with van der Waals surface area (Å²) in [5.74, 6) is -0.162. The average Bonchev–Trinajstić information content (AvgIpc) is 2.71. The van der Waals surface area contributed by atoms with Crippen LogP contribution in [0, 0.1) is 3.57 Å². The number of rotatable bonds is 3. The number of amides is 1. The van der Waals surface area contributed by atoms with Gasteiger partial charge in [0.15, 0.2) is 22.3 Å². The lowest BCUT2D eigenvalue weighted by molar-refractivity contribution is -0.645. The Morgan fingerprint density at radius 3 is 2.42 bits per heavy atom. The van der Waals surface area contributed by atoms with Gasteiger partial charge in [-0.2, -0.15) is 13.2 Å². The molecular formula is C20H18F3IN4O4S. The van der Waals surface area contributed by atoms with E-state index in [9.17, 15) is 18.0 Å². The van der Waals surface area contributed by atoms with Crippen LogP contribution in [0.25, 0.3) is 10.9 Å². The fourth-order valence-electron chi connectivity index (χ4n) is 2.58. The molecule has 0 spiro atoms. The highest BCUT2D eigenvalue weighted by molar-refractivity contribution is 14.1. The first-order chi connectivity index (χ1) is 15.3. The van der Waals surface area contributed by atoms with E-state index in [0.29, 0.717) is 12.1 Å². The van der Waals surface area contributed by atoms with E-state index in [0.717, 1.165) is 20.0 Å². The quantitative estimate of drug-likeness (QED) is 0.120. The summed E-state index contributed by atoms with van der Waals surface area (Å²) in [5.41, 5.74) is 2.85. The molecule has 33 heavy (non-hydrogen) atoms. The highest BCUT2D eigenvalue weighted by Gasteiger charge is 2.36. The van der Waals surface area contributed by atoms with Crippen LogP contribution in [-0.4, -0.2) is 30.3 Å². The number of pyridine rings is 1. The van der Waals surface area contributed by atoms with Crippen LogP contribution in [0.4, 0.5) is 13.2 Å². The number of fused-ring (bicyclic) bond motifs is 1. The third-order valence-electron chi connectivity index (χ3n) is 4.07. The second kappa shape index (κ2) is 10.9. The molecule has 0 saturated heterocycles. The van der Waals surface area contributed by atoms with Crippen LogP contribution in [0.15, 0.2) is 65.8 Å². The SMILES string of the molecule is C[n+]1cc(C(=O)NC(N)=NCc2cccc(I)c2)cc2ccccc21.O=S(=O)([O-])C(F)(F)F. The third kappa shape index (κ3) is 7.94. The van der Waals surface area contributed by atoms with Crippen molar-refractivity contribution in [3.05, 3.63) is 75.5 Å². The van der Waals surface area contributed by atoms with Crippen molar-refractivity contribution in [3.8, 4) is 0 Å². The highest BCUT2D eigenvalue weighted by atomic mass is 127. The molecule has 1 heterocycles. The Labute approximate surface area is 201 Å². The Morgan fingerprint density at radius 1 is 1.18 bits per heavy atom. The van der Waals surface area contributed by atoms with Gasteiger partial charge in [-0.15, -0.1) is 0 Å². The van der Waals surface area contributed by atoms with Gasteiger partial charge in [-0.05, 0) is 52.4 Å². The van der Waals surface area contributed by atoms with Crippen LogP contribution in [0.5, 0.6) is 0 Å². The lowest BCUT2D eigenvalue weighted by Crippen LogP contribution is -2.38. The maximum Gasteiger partial charge on any atom is 0.485 e. The Hall–Kier alpha value is -2.78. The van der Waals surface area contributed by atoms with Crippen molar-refractivity contribution < 1.29 is 35.5 Å². The molecule has 0 fully saturated rings. The van der Waals surface area contributed by atoms with Gasteiger partial charge in [0.25, 0.3) is 5.91 Å². The van der Waals surface area contributed by atoms with Gasteiger partial charge in [0, 0.05) is 15.0 Å². The van der Waals surface area contributed by atoms with E-state index in [1.54, 1.807) is 6.20 Å². The first kappa shape index (κ1) is 26.5. The van der Waals surface area contributed by atoms with Gasteiger partial charge >= 0.3 is 5.51 Å². The predicted molar refractivity (Wildman–Crippen MR) is 123 cm³/mol. The van der Waals surface area contributed by atoms with Crippen molar-refractivity contribution in [2.45, 2.75) is 12.1 Å². The first-order valence-corrected chi connectivity index (χ1v) is 11.5. The number of carbonyl (C=O) groups excluding carboxylic acids is 1. The molecule has 1 amide bonds. The maximum atomic E-state index is 12.4. The van der Waals surface area contributed by atoms with E-state index >= 15 is 0 Å². The second-order valence-electron chi connectivity index (χ2n) is 6.58. The molecule has 2 aromatic carbocycles. The minimum absolute atomic E-state index is 0.111. The van der Waals surface area contributed by atoms with Gasteiger partial charge in [-0.3, -0.25) is 10.1 Å². The molecule has 0 aliphatic heterocycles. The van der Waals surface area contributed by atoms with E-state index in [2.05, 4.69) is 32.9 Å². The number of nitrogens with two attached hydrogens (primary N) is 1. The number of aryl methyl sites for hydroxylation is 1. The molecule has 0 unspecified atom stereocenters. The van der Waals surface area contributed by atoms with Crippen LogP contribution in [0.2, 0.25) is 0 Å². The zero-order valence-electron chi connectivity index (χ0n) is 17.0. The Bertz CT molecular complexity index is 1300. The van der Waals surface area contributed by atoms with E-state index < -0.39 is 15.6 Å². The van der Waals surface area contributed by atoms with Crippen LogP contribution in [0.1, 0.15) is 15.9 Å². The molecule has 0 aliphatic carbocycles. The fraction of sp³-hybridized carbons (Fsp3) is 0.150. The summed E-state index contributed by atoms with van der Waals surface area (Å²) in [7, 11) is -4.18. The van der Waals surface area contributed by atoms with Crippen molar-refractivity contribution in [1.29, 1.82) is 0 Å². The van der Waals surface area contributed by atoms with E-state index in [4.69, 9.17) is 18.7 Å². The number of nitrogens with one attached hydrogen (secondary N) is 1. The number of aliphatic imine (C=N–C) groups is 1. The van der Waals surface area contributed by atoms with Gasteiger partial charge in [-0.1, -0.05) is 24.3 Å². The van der Waals surface area contributed by atoms with Crippen LogP contribution in [-0.2, 0) is 23.7 Å². The van der Waals surface area contributed by atoms with Crippen LogP contribution < -0.4 is 15.6 Å². The van der Waals surface area contributed by atoms with Crippen molar-refractivity contribution in [1.82, 2.24) is 5.32 Å². The van der Waals surface area contributed by atoms with E-state index in [1.807, 2.05) is 66.2 Å². The number of benzene rings is 2. The summed E-state index contributed by atoms with van der Waals surface area (Å²) in [6.45, 7) is 0.425. The summed E-state index contributed by atoms with van der Waals surface area (Å²) in [5, 5.41) is 3.64. The van der Waals surface area contributed by atoms with Gasteiger partial charge in [-0.25, -0.2) is 18.0 Å². The lowest BCUT2D eigenvalue weighted by atomic mass is 10.1. The molecule has 3 rings (SSSR count). The number of halogens is 4. The summed E-state index contributed by atoms with van der Waals surface area (Å²) in [6.07, 6.45) is 1.78. The molecule has 176 valence electrons. The second-order valence-corrected chi connectivity index (χ2v) is 9.20. The Morgan fingerprint density at radius 2 is 1.82 bits per heavy atom. The number of para-hydroxylation sites is 1. The standard InChI is InChI=1S/C19H17IN4O.CHF3O3S/c1-24-12-15(10-14-6-2-3-8-17(14)24)18(25)23-19(21)22-11-13-5-4-7-16(20)9-13;2-1(3,4)8(5,6)7/h2-10,12H,11H2,1H3,(H2-,21,22,23,25);(H,5,6,7). The van der Waals surface area contributed by atoms with Crippen LogP contribution >= 0.6 is 22.6 Å². The third-order valence-corrected chi connectivity index (χ3v) is 5.31. The molecule has 0 radical (unpaired) electrons.